The number of sulfonamides is 1. The second kappa shape index (κ2) is 15.1. The summed E-state index contributed by atoms with van der Waals surface area (Å²) < 4.78 is 29.6. The molecule has 3 heterocycles. The third kappa shape index (κ3) is 7.89. The van der Waals surface area contributed by atoms with Crippen molar-refractivity contribution in [1.82, 2.24) is 29.1 Å². The summed E-state index contributed by atoms with van der Waals surface area (Å²) in [5.41, 5.74) is 14.6. The fourth-order valence-corrected chi connectivity index (χ4v) is 7.47. The van der Waals surface area contributed by atoms with Crippen molar-refractivity contribution in [3.05, 3.63) is 76.8 Å². The molecule has 1 aliphatic heterocycles. The molecule has 1 saturated heterocycles. The highest BCUT2D eigenvalue weighted by Gasteiger charge is 2.34. The third-order valence-corrected chi connectivity index (χ3v) is 10.2. The lowest BCUT2D eigenvalue weighted by Crippen LogP contribution is -2.48. The van der Waals surface area contributed by atoms with Gasteiger partial charge in [0, 0.05) is 29.9 Å². The van der Waals surface area contributed by atoms with Crippen LogP contribution in [0.3, 0.4) is 0 Å². The van der Waals surface area contributed by atoms with Crippen LogP contribution in [0.1, 0.15) is 31.2 Å². The Morgan fingerprint density at radius 1 is 1.00 bits per heavy atom. The van der Waals surface area contributed by atoms with Crippen LogP contribution in [0.15, 0.2) is 70.5 Å². The minimum atomic E-state index is -4.04. The Bertz CT molecular complexity index is 1770. The maximum absolute atomic E-state index is 13.5. The van der Waals surface area contributed by atoms with Crippen LogP contribution in [0.2, 0.25) is 0 Å². The van der Waals surface area contributed by atoms with E-state index in [2.05, 4.69) is 20.2 Å². The Morgan fingerprint density at radius 3 is 2.26 bits per heavy atom. The summed E-state index contributed by atoms with van der Waals surface area (Å²) in [5, 5.41) is 13.3. The zero-order valence-corrected chi connectivity index (χ0v) is 26.6. The largest absolute Gasteiger partial charge is 0.480 e. The molecule has 4 aromatic rings. The number of hydrogen-bond donors (Lipinski definition) is 5. The molecule has 0 unspecified atom stereocenters. The fraction of sp³-hybridized carbons (Fsp3) is 0.406. The van der Waals surface area contributed by atoms with Crippen LogP contribution in [0.4, 0.5) is 0 Å². The highest BCUT2D eigenvalue weighted by Crippen LogP contribution is 2.27. The number of rotatable bonds is 15. The van der Waals surface area contributed by atoms with Crippen molar-refractivity contribution in [2.24, 2.45) is 11.5 Å². The summed E-state index contributed by atoms with van der Waals surface area (Å²) in [6, 6.07) is 15.6. The number of hydrogen-bond acceptors (Lipinski definition) is 9. The summed E-state index contributed by atoms with van der Waals surface area (Å²) in [5.74, 6) is -1.20. The number of carboxylic acid groups (broad SMARTS) is 1. The maximum atomic E-state index is 13.5. The van der Waals surface area contributed by atoms with Gasteiger partial charge in [-0.1, -0.05) is 24.3 Å². The molecular weight excluding hydrogens is 608 g/mol. The van der Waals surface area contributed by atoms with E-state index in [-0.39, 0.29) is 10.9 Å². The number of piperidine rings is 1. The van der Waals surface area contributed by atoms with E-state index in [9.17, 15) is 23.1 Å². The zero-order valence-electron chi connectivity index (χ0n) is 25.8. The number of nitrogens with one attached hydrogen (secondary N) is 2. The van der Waals surface area contributed by atoms with Crippen LogP contribution in [-0.4, -0.2) is 95.1 Å². The van der Waals surface area contributed by atoms with Crippen LogP contribution in [0, 0.1) is 0 Å². The lowest BCUT2D eigenvalue weighted by molar-refractivity contribution is -0.137. The smallest absolute Gasteiger partial charge is 0.354 e. The van der Waals surface area contributed by atoms with Crippen molar-refractivity contribution in [3.63, 3.8) is 0 Å². The number of nitrogens with zero attached hydrogens (tertiary/aromatic N) is 4. The normalized spacial score (nSPS) is 14.4. The molecule has 0 aliphatic carbocycles. The number of nitrogens with two attached hydrogens (primary N) is 2. The van der Waals surface area contributed by atoms with Gasteiger partial charge in [-0.25, -0.2) is 13.2 Å². The Morgan fingerprint density at radius 2 is 1.65 bits per heavy atom. The molecule has 246 valence electrons. The number of aromatic amines is 1. The standard InChI is InChI=1S/C32H42N8O5S/c33-13-1-17-38(18-2-14-34)20-23-3-7-26(8-4-23)39-21-25-19-29(36-31(25)37-32(39)43)24-5-9-28(10-6-24)46(44,45)40(22-30(41)42)27-11-15-35-16-12-27/h3-10,19,21,27,35H,1-2,11-18,20,22,33-34H2,(H,41,42)(H,36,37,43). The minimum absolute atomic E-state index is 0.0234. The predicted molar refractivity (Wildman–Crippen MR) is 177 cm³/mol. The third-order valence-electron chi connectivity index (χ3n) is 8.26. The first-order chi connectivity index (χ1) is 22.2. The lowest BCUT2D eigenvalue weighted by Gasteiger charge is -2.32. The number of aliphatic carboxylic acids is 1. The number of carbonyl (C=O) groups is 1. The molecule has 7 N–H and O–H groups in total. The molecule has 0 spiro atoms. The molecule has 0 bridgehead atoms. The van der Waals surface area contributed by atoms with Gasteiger partial charge < -0.3 is 26.9 Å². The van der Waals surface area contributed by atoms with Crippen LogP contribution in [0.5, 0.6) is 0 Å². The van der Waals surface area contributed by atoms with Gasteiger partial charge in [0.1, 0.15) is 12.2 Å². The molecule has 2 aromatic carbocycles. The number of carboxylic acids is 1. The first-order valence-corrected chi connectivity index (χ1v) is 17.0. The van der Waals surface area contributed by atoms with Crippen molar-refractivity contribution >= 4 is 27.0 Å². The van der Waals surface area contributed by atoms with Gasteiger partial charge in [-0.2, -0.15) is 9.29 Å². The first kappa shape index (κ1) is 33.4. The van der Waals surface area contributed by atoms with Crippen molar-refractivity contribution in [2.45, 2.75) is 43.2 Å². The zero-order chi connectivity index (χ0) is 32.7. The quantitative estimate of drug-likeness (QED) is 0.127. The molecule has 1 aliphatic rings. The van der Waals surface area contributed by atoms with E-state index in [1.165, 1.54) is 16.7 Å². The monoisotopic (exact) mass is 650 g/mol. The molecular formula is C32H42N8O5S. The van der Waals surface area contributed by atoms with Gasteiger partial charge in [-0.3, -0.25) is 14.3 Å². The van der Waals surface area contributed by atoms with E-state index in [1.807, 2.05) is 30.3 Å². The maximum Gasteiger partial charge on any atom is 0.354 e. The van der Waals surface area contributed by atoms with Gasteiger partial charge >= 0.3 is 11.7 Å². The average Bonchev–Trinajstić information content (AvgIpc) is 3.48. The molecule has 2 aromatic heterocycles. The number of benzene rings is 2. The highest BCUT2D eigenvalue weighted by atomic mass is 32.2. The van der Waals surface area contributed by atoms with Gasteiger partial charge in [0.05, 0.1) is 10.6 Å². The number of aromatic nitrogens is 3. The second-order valence-corrected chi connectivity index (χ2v) is 13.4. The summed E-state index contributed by atoms with van der Waals surface area (Å²) in [6.07, 6.45) is 4.64. The topological polar surface area (TPSA) is 193 Å². The molecule has 5 rings (SSSR count). The van der Waals surface area contributed by atoms with E-state index in [0.717, 1.165) is 42.3 Å². The summed E-state index contributed by atoms with van der Waals surface area (Å²) in [4.78, 5) is 34.3. The van der Waals surface area contributed by atoms with Crippen molar-refractivity contribution in [2.75, 3.05) is 45.8 Å². The fourth-order valence-electron chi connectivity index (χ4n) is 5.83. The predicted octanol–water partition coefficient (Wildman–Crippen LogP) is 1.71. The lowest BCUT2D eigenvalue weighted by atomic mass is 10.1. The minimum Gasteiger partial charge on any atom is -0.480 e. The molecule has 1 fully saturated rings. The summed E-state index contributed by atoms with van der Waals surface area (Å²) in [7, 11) is -4.04. The highest BCUT2D eigenvalue weighted by molar-refractivity contribution is 7.89. The molecule has 13 nitrogen and oxygen atoms in total. The summed E-state index contributed by atoms with van der Waals surface area (Å²) in [6.45, 7) is 4.50. The van der Waals surface area contributed by atoms with E-state index in [0.29, 0.717) is 67.0 Å². The molecule has 14 heteroatoms. The van der Waals surface area contributed by atoms with Crippen molar-refractivity contribution in [3.8, 4) is 16.9 Å². The van der Waals surface area contributed by atoms with Crippen molar-refractivity contribution in [1.29, 1.82) is 0 Å². The van der Waals surface area contributed by atoms with Crippen LogP contribution in [-0.2, 0) is 21.4 Å². The van der Waals surface area contributed by atoms with E-state index in [1.54, 1.807) is 18.3 Å². The van der Waals surface area contributed by atoms with Gasteiger partial charge in [0.2, 0.25) is 10.0 Å². The van der Waals surface area contributed by atoms with E-state index < -0.39 is 28.2 Å². The molecule has 46 heavy (non-hydrogen) atoms. The van der Waals surface area contributed by atoms with Crippen LogP contribution in [0.25, 0.3) is 28.0 Å². The van der Waals surface area contributed by atoms with Gasteiger partial charge in [0.25, 0.3) is 0 Å². The average molecular weight is 651 g/mol. The van der Waals surface area contributed by atoms with Gasteiger partial charge in [-0.15, -0.1) is 0 Å². The molecule has 0 amide bonds. The van der Waals surface area contributed by atoms with Crippen LogP contribution < -0.4 is 22.5 Å². The van der Waals surface area contributed by atoms with E-state index in [4.69, 9.17) is 11.5 Å². The van der Waals surface area contributed by atoms with Crippen LogP contribution >= 0.6 is 0 Å². The Hall–Kier alpha value is -3.92. The number of fused-ring (bicyclic) bond motifs is 1. The van der Waals surface area contributed by atoms with Gasteiger partial charge in [0.15, 0.2) is 0 Å². The first-order valence-electron chi connectivity index (χ1n) is 15.6. The summed E-state index contributed by atoms with van der Waals surface area (Å²) >= 11 is 0. The number of H-pyrrole nitrogens is 1. The van der Waals surface area contributed by atoms with Crippen molar-refractivity contribution < 1.29 is 18.3 Å². The second-order valence-electron chi connectivity index (χ2n) is 11.6. The Kier molecular flexibility index (Phi) is 11.0. The molecule has 0 radical (unpaired) electrons. The SMILES string of the molecule is NCCCN(CCCN)Cc1ccc(-n2cc3cc(-c4ccc(S(=O)(=O)N(CC(=O)O)C5CCNCC5)cc4)[nH]c3nc2=O)cc1. The molecule has 0 atom stereocenters. The van der Waals surface area contributed by atoms with E-state index >= 15 is 0 Å². The Balaban J connectivity index is 1.35. The Labute approximate surface area is 268 Å². The molecule has 0 saturated carbocycles. The van der Waals surface area contributed by atoms with Gasteiger partial charge in [-0.05, 0) is 106 Å².